The third kappa shape index (κ3) is 5.97. The monoisotopic (exact) mass is 539 g/mol. The van der Waals surface area contributed by atoms with E-state index < -0.39 is 0 Å². The second-order valence-electron chi connectivity index (χ2n) is 9.42. The molecular weight excluding hydrogens is 510 g/mol. The van der Waals surface area contributed by atoms with Crippen molar-refractivity contribution in [3.63, 3.8) is 0 Å². The molecule has 0 amide bonds. The zero-order valence-corrected chi connectivity index (χ0v) is 22.7. The topological polar surface area (TPSA) is 58.4 Å². The van der Waals surface area contributed by atoms with Gasteiger partial charge in [0.1, 0.15) is 19.0 Å². The van der Waals surface area contributed by atoms with E-state index in [1.165, 1.54) is 0 Å². The zero-order valence-electron chi connectivity index (χ0n) is 22.7. The summed E-state index contributed by atoms with van der Waals surface area (Å²) in [6.07, 6.45) is 1.76. The van der Waals surface area contributed by atoms with Crippen LogP contribution < -0.4 is 14.2 Å². The molecule has 0 fully saturated rings. The predicted molar refractivity (Wildman–Crippen MR) is 160 cm³/mol. The van der Waals surface area contributed by atoms with Crippen molar-refractivity contribution in [1.29, 1.82) is 0 Å². The van der Waals surface area contributed by atoms with Crippen LogP contribution in [0.1, 0.15) is 11.1 Å². The van der Waals surface area contributed by atoms with Crippen LogP contribution in [0.15, 0.2) is 134 Å². The van der Waals surface area contributed by atoms with E-state index in [9.17, 15) is 0 Å². The van der Waals surface area contributed by atoms with Crippen LogP contribution in [0.2, 0.25) is 0 Å². The summed E-state index contributed by atoms with van der Waals surface area (Å²) < 4.78 is 20.1. The molecule has 0 saturated heterocycles. The van der Waals surface area contributed by atoms with Crippen LogP contribution in [0.25, 0.3) is 28.3 Å². The Morgan fingerprint density at radius 3 is 1.95 bits per heavy atom. The van der Waals surface area contributed by atoms with Gasteiger partial charge in [0.05, 0.1) is 18.5 Å². The van der Waals surface area contributed by atoms with Gasteiger partial charge in [0.2, 0.25) is 0 Å². The molecule has 0 N–H and O–H groups in total. The largest absolute Gasteiger partial charge is 0.496 e. The van der Waals surface area contributed by atoms with Crippen LogP contribution in [0, 0.1) is 0 Å². The first-order valence-corrected chi connectivity index (χ1v) is 13.4. The number of methoxy groups -OCH3 is 1. The molecule has 41 heavy (non-hydrogen) atoms. The Morgan fingerprint density at radius 1 is 0.610 bits per heavy atom. The summed E-state index contributed by atoms with van der Waals surface area (Å²) in [6.45, 7) is 0.851. The van der Waals surface area contributed by atoms with E-state index in [1.54, 1.807) is 13.3 Å². The molecule has 6 heteroatoms. The molecule has 0 radical (unpaired) electrons. The van der Waals surface area contributed by atoms with Gasteiger partial charge in [-0.1, -0.05) is 78.9 Å². The summed E-state index contributed by atoms with van der Waals surface area (Å²) in [5.74, 6) is 2.78. The number of para-hydroxylation sites is 1. The molecular formula is C35H29N3O3. The predicted octanol–water partition coefficient (Wildman–Crippen LogP) is 7.77. The van der Waals surface area contributed by atoms with Crippen molar-refractivity contribution in [2.24, 2.45) is 0 Å². The number of hydrogen-bond acceptors (Lipinski definition) is 5. The van der Waals surface area contributed by atoms with Gasteiger partial charge in [0, 0.05) is 17.3 Å². The van der Waals surface area contributed by atoms with E-state index in [0.29, 0.717) is 30.5 Å². The number of benzene rings is 4. The molecule has 0 saturated carbocycles. The van der Waals surface area contributed by atoms with Gasteiger partial charge >= 0.3 is 0 Å². The Kier molecular flexibility index (Phi) is 7.72. The maximum atomic E-state index is 6.36. The molecule has 0 aliphatic carbocycles. The average Bonchev–Trinajstić information content (AvgIpc) is 3.50. The van der Waals surface area contributed by atoms with Crippen LogP contribution in [-0.4, -0.2) is 21.9 Å². The summed E-state index contributed by atoms with van der Waals surface area (Å²) in [4.78, 5) is 4.58. The Labute approximate surface area is 239 Å². The lowest BCUT2D eigenvalue weighted by Crippen LogP contribution is -2.03. The molecule has 6 aromatic rings. The highest BCUT2D eigenvalue weighted by molar-refractivity contribution is 5.74. The lowest BCUT2D eigenvalue weighted by Gasteiger charge is -2.15. The fourth-order valence-electron chi connectivity index (χ4n) is 4.60. The highest BCUT2D eigenvalue weighted by Crippen LogP contribution is 2.37. The molecule has 0 spiro atoms. The molecule has 6 nitrogen and oxygen atoms in total. The van der Waals surface area contributed by atoms with Crippen molar-refractivity contribution in [3.8, 4) is 45.6 Å². The van der Waals surface area contributed by atoms with Crippen LogP contribution in [-0.2, 0) is 13.2 Å². The third-order valence-electron chi connectivity index (χ3n) is 6.67. The third-order valence-corrected chi connectivity index (χ3v) is 6.67. The summed E-state index contributed by atoms with van der Waals surface area (Å²) in [7, 11) is 1.67. The molecule has 6 rings (SSSR count). The second kappa shape index (κ2) is 12.2. The van der Waals surface area contributed by atoms with E-state index in [-0.39, 0.29) is 0 Å². The smallest absolute Gasteiger partial charge is 0.162 e. The number of pyridine rings is 1. The van der Waals surface area contributed by atoms with E-state index in [2.05, 4.69) is 4.98 Å². The maximum Gasteiger partial charge on any atom is 0.162 e. The van der Waals surface area contributed by atoms with Gasteiger partial charge < -0.3 is 14.2 Å². The zero-order chi connectivity index (χ0) is 27.9. The van der Waals surface area contributed by atoms with Gasteiger partial charge in [0.15, 0.2) is 17.3 Å². The van der Waals surface area contributed by atoms with Gasteiger partial charge in [-0.15, -0.1) is 0 Å². The minimum Gasteiger partial charge on any atom is -0.496 e. The lowest BCUT2D eigenvalue weighted by atomic mass is 10.1. The Balaban J connectivity index is 1.41. The lowest BCUT2D eigenvalue weighted by molar-refractivity contribution is 0.256. The summed E-state index contributed by atoms with van der Waals surface area (Å²) in [5, 5.41) is 4.96. The van der Waals surface area contributed by atoms with E-state index in [1.807, 2.05) is 132 Å². The Bertz CT molecular complexity index is 1720. The SMILES string of the molecule is COc1ccccc1-c1cc(-c2ccc(OCc3ccccc3)c(OCc3ccccc3)c2)n(-c2ccccn2)n1. The number of nitrogens with zero attached hydrogens (tertiary/aromatic N) is 3. The van der Waals surface area contributed by atoms with Crippen LogP contribution in [0.3, 0.4) is 0 Å². The minimum atomic E-state index is 0.415. The van der Waals surface area contributed by atoms with Gasteiger partial charge in [-0.05, 0) is 59.7 Å². The van der Waals surface area contributed by atoms with Crippen molar-refractivity contribution in [1.82, 2.24) is 14.8 Å². The summed E-state index contributed by atoms with van der Waals surface area (Å²) >= 11 is 0. The van der Waals surface area contributed by atoms with Gasteiger partial charge in [-0.3, -0.25) is 0 Å². The fourth-order valence-corrected chi connectivity index (χ4v) is 4.60. The standard InChI is InChI=1S/C35H29N3O3/c1-39-32-17-9-8-16-29(32)30-23-31(38(37-30)35-18-10-11-21-36-35)28-19-20-33(40-24-26-12-4-2-5-13-26)34(22-28)41-25-27-14-6-3-7-15-27/h2-23H,24-25H2,1H3. The first-order chi connectivity index (χ1) is 20.3. The minimum absolute atomic E-state index is 0.415. The molecule has 4 aromatic carbocycles. The first-order valence-electron chi connectivity index (χ1n) is 13.4. The normalized spacial score (nSPS) is 10.8. The van der Waals surface area contributed by atoms with Crippen LogP contribution in [0.4, 0.5) is 0 Å². The van der Waals surface area contributed by atoms with Gasteiger partial charge in [0.25, 0.3) is 0 Å². The van der Waals surface area contributed by atoms with E-state index in [0.717, 1.165) is 39.4 Å². The molecule has 0 aliphatic heterocycles. The average molecular weight is 540 g/mol. The molecule has 0 atom stereocenters. The van der Waals surface area contributed by atoms with Crippen molar-refractivity contribution < 1.29 is 14.2 Å². The van der Waals surface area contributed by atoms with E-state index in [4.69, 9.17) is 19.3 Å². The Hall–Kier alpha value is -5.36. The highest BCUT2D eigenvalue weighted by atomic mass is 16.5. The fraction of sp³-hybridized carbons (Fsp3) is 0.0857. The molecule has 0 bridgehead atoms. The van der Waals surface area contributed by atoms with Crippen molar-refractivity contribution >= 4 is 0 Å². The molecule has 2 heterocycles. The second-order valence-corrected chi connectivity index (χ2v) is 9.42. The molecule has 0 unspecified atom stereocenters. The highest BCUT2D eigenvalue weighted by Gasteiger charge is 2.18. The van der Waals surface area contributed by atoms with Crippen molar-refractivity contribution in [2.45, 2.75) is 13.2 Å². The van der Waals surface area contributed by atoms with Gasteiger partial charge in [-0.25, -0.2) is 9.67 Å². The summed E-state index contributed by atoms with van der Waals surface area (Å²) in [6, 6.07) is 41.9. The number of aromatic nitrogens is 3. The van der Waals surface area contributed by atoms with E-state index >= 15 is 0 Å². The number of ether oxygens (including phenoxy) is 3. The first kappa shape index (κ1) is 25.9. The molecule has 202 valence electrons. The van der Waals surface area contributed by atoms with Crippen molar-refractivity contribution in [3.05, 3.63) is 145 Å². The van der Waals surface area contributed by atoms with Gasteiger partial charge in [-0.2, -0.15) is 5.10 Å². The summed E-state index contributed by atoms with van der Waals surface area (Å²) in [5.41, 5.74) is 5.61. The maximum absolute atomic E-state index is 6.36. The Morgan fingerprint density at radius 2 is 1.27 bits per heavy atom. The van der Waals surface area contributed by atoms with Crippen LogP contribution in [0.5, 0.6) is 17.2 Å². The quantitative estimate of drug-likeness (QED) is 0.178. The number of hydrogen-bond donors (Lipinski definition) is 0. The number of rotatable bonds is 10. The van der Waals surface area contributed by atoms with Crippen LogP contribution >= 0.6 is 0 Å². The molecule has 2 aromatic heterocycles. The molecule has 0 aliphatic rings. The van der Waals surface area contributed by atoms with Crippen molar-refractivity contribution in [2.75, 3.05) is 7.11 Å².